The monoisotopic (exact) mass is 325 g/mol. The topological polar surface area (TPSA) is 83.5 Å². The standard InChI is InChI=1S/C14H15NO4S2/c1-8-4-9(2)6-11(5-8)15-21(18,19)13-10(3)7-20-12(13)14(16)17/h4-7,15H,1-3H3,(H,16,17). The zero-order valence-corrected chi connectivity index (χ0v) is 13.4. The minimum Gasteiger partial charge on any atom is -0.477 e. The van der Waals surface area contributed by atoms with Crippen molar-refractivity contribution >= 4 is 33.0 Å². The van der Waals surface area contributed by atoms with Crippen LogP contribution in [0.1, 0.15) is 26.4 Å². The Labute approximate surface area is 127 Å². The van der Waals surface area contributed by atoms with Gasteiger partial charge in [-0.25, -0.2) is 13.2 Å². The Morgan fingerprint density at radius 3 is 2.24 bits per heavy atom. The van der Waals surface area contributed by atoms with Gasteiger partial charge in [-0.3, -0.25) is 4.72 Å². The molecule has 0 amide bonds. The van der Waals surface area contributed by atoms with Crippen molar-refractivity contribution in [3.05, 3.63) is 45.1 Å². The number of aryl methyl sites for hydroxylation is 3. The van der Waals surface area contributed by atoms with Gasteiger partial charge < -0.3 is 5.11 Å². The van der Waals surface area contributed by atoms with E-state index in [-0.39, 0.29) is 9.77 Å². The van der Waals surface area contributed by atoms with E-state index < -0.39 is 16.0 Å². The lowest BCUT2D eigenvalue weighted by atomic mass is 10.1. The highest BCUT2D eigenvalue weighted by Gasteiger charge is 2.26. The number of carboxylic acids is 1. The summed E-state index contributed by atoms with van der Waals surface area (Å²) in [4.78, 5) is 10.8. The van der Waals surface area contributed by atoms with Crippen LogP contribution in [0.5, 0.6) is 0 Å². The molecule has 0 spiro atoms. The first-order chi connectivity index (χ1) is 9.70. The molecule has 1 heterocycles. The Hall–Kier alpha value is -1.86. The Morgan fingerprint density at radius 1 is 1.14 bits per heavy atom. The fourth-order valence-electron chi connectivity index (χ4n) is 2.15. The fraction of sp³-hybridized carbons (Fsp3) is 0.214. The third-order valence-corrected chi connectivity index (χ3v) is 5.64. The van der Waals surface area contributed by atoms with Gasteiger partial charge in [0.25, 0.3) is 10.0 Å². The average molecular weight is 325 g/mol. The predicted molar refractivity (Wildman–Crippen MR) is 82.7 cm³/mol. The molecule has 2 rings (SSSR count). The van der Waals surface area contributed by atoms with Crippen LogP contribution in [-0.4, -0.2) is 19.5 Å². The minimum atomic E-state index is -3.93. The molecule has 7 heteroatoms. The third-order valence-electron chi connectivity index (χ3n) is 2.85. The van der Waals surface area contributed by atoms with Crippen LogP contribution >= 0.6 is 11.3 Å². The molecule has 2 N–H and O–H groups in total. The minimum absolute atomic E-state index is 0.167. The maximum atomic E-state index is 12.5. The summed E-state index contributed by atoms with van der Waals surface area (Å²) in [6.45, 7) is 5.31. The predicted octanol–water partition coefficient (Wildman–Crippen LogP) is 3.17. The van der Waals surface area contributed by atoms with Gasteiger partial charge in [-0.2, -0.15) is 0 Å². The van der Waals surface area contributed by atoms with Gasteiger partial charge in [0.1, 0.15) is 9.77 Å². The number of thiophene rings is 1. The molecule has 21 heavy (non-hydrogen) atoms. The normalized spacial score (nSPS) is 11.4. The molecule has 1 aromatic carbocycles. The highest BCUT2D eigenvalue weighted by atomic mass is 32.2. The van der Waals surface area contributed by atoms with E-state index in [1.54, 1.807) is 19.1 Å². The van der Waals surface area contributed by atoms with Gasteiger partial charge in [0, 0.05) is 5.69 Å². The molecule has 1 aromatic heterocycles. The summed E-state index contributed by atoms with van der Waals surface area (Å²) in [5.74, 6) is -1.24. The van der Waals surface area contributed by atoms with Crippen LogP contribution in [-0.2, 0) is 10.0 Å². The van der Waals surface area contributed by atoms with E-state index >= 15 is 0 Å². The Balaban J connectivity index is 2.48. The maximum absolute atomic E-state index is 12.5. The maximum Gasteiger partial charge on any atom is 0.347 e. The number of carboxylic acid groups (broad SMARTS) is 1. The van der Waals surface area contributed by atoms with Crippen LogP contribution in [0.25, 0.3) is 0 Å². The Kier molecular flexibility index (Phi) is 4.06. The molecular formula is C14H15NO4S2. The Bertz CT molecular complexity index is 786. The van der Waals surface area contributed by atoms with Crippen molar-refractivity contribution in [2.45, 2.75) is 25.7 Å². The summed E-state index contributed by atoms with van der Waals surface area (Å²) < 4.78 is 27.4. The van der Waals surface area contributed by atoms with E-state index in [9.17, 15) is 13.2 Å². The van der Waals surface area contributed by atoms with Crippen molar-refractivity contribution in [2.24, 2.45) is 0 Å². The second-order valence-corrected chi connectivity index (χ2v) is 7.36. The zero-order chi connectivity index (χ0) is 15.8. The number of sulfonamides is 1. The SMILES string of the molecule is Cc1cc(C)cc(NS(=O)(=O)c2c(C)csc2C(=O)O)c1. The lowest BCUT2D eigenvalue weighted by Gasteiger charge is -2.10. The third kappa shape index (κ3) is 3.25. The number of nitrogens with one attached hydrogen (secondary N) is 1. The molecule has 2 aromatic rings. The average Bonchev–Trinajstić information content (AvgIpc) is 2.69. The first-order valence-electron chi connectivity index (χ1n) is 6.13. The lowest BCUT2D eigenvalue weighted by molar-refractivity contribution is 0.0698. The van der Waals surface area contributed by atoms with Crippen LogP contribution in [0.4, 0.5) is 5.69 Å². The summed E-state index contributed by atoms with van der Waals surface area (Å²) in [5.41, 5.74) is 2.70. The summed E-state index contributed by atoms with van der Waals surface area (Å²) in [5, 5.41) is 10.6. The van der Waals surface area contributed by atoms with Crippen LogP contribution < -0.4 is 4.72 Å². The lowest BCUT2D eigenvalue weighted by Crippen LogP contribution is -2.16. The first kappa shape index (κ1) is 15.5. The highest BCUT2D eigenvalue weighted by molar-refractivity contribution is 7.93. The van der Waals surface area contributed by atoms with Gasteiger partial charge in [-0.1, -0.05) is 6.07 Å². The number of carbonyl (C=O) groups is 1. The molecule has 5 nitrogen and oxygen atoms in total. The van der Waals surface area contributed by atoms with Crippen molar-refractivity contribution < 1.29 is 18.3 Å². The second kappa shape index (κ2) is 5.50. The van der Waals surface area contributed by atoms with Gasteiger partial charge in [0.15, 0.2) is 0 Å². The van der Waals surface area contributed by atoms with Crippen LogP contribution in [0, 0.1) is 20.8 Å². The van der Waals surface area contributed by atoms with Crippen LogP contribution in [0.3, 0.4) is 0 Å². The van der Waals surface area contributed by atoms with Crippen molar-refractivity contribution in [3.63, 3.8) is 0 Å². The number of benzene rings is 1. The van der Waals surface area contributed by atoms with Gasteiger partial charge in [0.05, 0.1) is 0 Å². The summed E-state index contributed by atoms with van der Waals surface area (Å²) in [6, 6.07) is 5.33. The molecule has 0 aliphatic rings. The van der Waals surface area contributed by atoms with E-state index in [2.05, 4.69) is 4.72 Å². The fourth-order valence-corrected chi connectivity index (χ4v) is 4.83. The molecule has 0 aliphatic carbocycles. The summed E-state index contributed by atoms with van der Waals surface area (Å²) in [6.07, 6.45) is 0. The van der Waals surface area contributed by atoms with Crippen molar-refractivity contribution in [2.75, 3.05) is 4.72 Å². The number of anilines is 1. The summed E-state index contributed by atoms with van der Waals surface area (Å²) >= 11 is 0.909. The number of aromatic carboxylic acids is 1. The van der Waals surface area contributed by atoms with E-state index in [1.807, 2.05) is 19.9 Å². The Morgan fingerprint density at radius 2 is 1.71 bits per heavy atom. The molecule has 0 aliphatic heterocycles. The molecule has 112 valence electrons. The molecule has 0 unspecified atom stereocenters. The van der Waals surface area contributed by atoms with E-state index in [1.165, 1.54) is 5.38 Å². The van der Waals surface area contributed by atoms with E-state index in [4.69, 9.17) is 5.11 Å². The first-order valence-corrected chi connectivity index (χ1v) is 8.49. The van der Waals surface area contributed by atoms with Gasteiger partial charge in [-0.05, 0) is 55.0 Å². The van der Waals surface area contributed by atoms with E-state index in [0.29, 0.717) is 11.3 Å². The molecule has 0 atom stereocenters. The van der Waals surface area contributed by atoms with Crippen molar-refractivity contribution in [1.82, 2.24) is 0 Å². The second-order valence-electron chi connectivity index (χ2n) is 4.86. The number of hydrogen-bond donors (Lipinski definition) is 2. The van der Waals surface area contributed by atoms with Gasteiger partial charge in [-0.15, -0.1) is 11.3 Å². The smallest absolute Gasteiger partial charge is 0.347 e. The number of rotatable bonds is 4. The zero-order valence-electron chi connectivity index (χ0n) is 11.8. The van der Waals surface area contributed by atoms with Crippen molar-refractivity contribution in [1.29, 1.82) is 0 Å². The molecule has 0 saturated carbocycles. The molecular weight excluding hydrogens is 310 g/mol. The largest absolute Gasteiger partial charge is 0.477 e. The molecule has 0 saturated heterocycles. The quantitative estimate of drug-likeness (QED) is 0.904. The van der Waals surface area contributed by atoms with Gasteiger partial charge >= 0.3 is 5.97 Å². The molecule has 0 fully saturated rings. The van der Waals surface area contributed by atoms with Crippen LogP contribution in [0.2, 0.25) is 0 Å². The van der Waals surface area contributed by atoms with E-state index in [0.717, 1.165) is 22.5 Å². The summed E-state index contributed by atoms with van der Waals surface area (Å²) in [7, 11) is -3.93. The molecule has 0 radical (unpaired) electrons. The highest BCUT2D eigenvalue weighted by Crippen LogP contribution is 2.29. The molecule has 0 bridgehead atoms. The number of hydrogen-bond acceptors (Lipinski definition) is 4. The van der Waals surface area contributed by atoms with Crippen molar-refractivity contribution in [3.8, 4) is 0 Å². The van der Waals surface area contributed by atoms with Gasteiger partial charge in [0.2, 0.25) is 0 Å². The van der Waals surface area contributed by atoms with Crippen LogP contribution in [0.15, 0.2) is 28.5 Å².